The fourth-order valence-electron chi connectivity index (χ4n) is 2.45. The lowest BCUT2D eigenvalue weighted by Crippen LogP contribution is -2.28. The highest BCUT2D eigenvalue weighted by Gasteiger charge is 2.33. The Morgan fingerprint density at radius 2 is 1.50 bits per heavy atom. The van der Waals surface area contributed by atoms with Crippen molar-refractivity contribution < 1.29 is 9.53 Å². The van der Waals surface area contributed by atoms with Crippen LogP contribution in [0.15, 0.2) is 47.6 Å². The summed E-state index contributed by atoms with van der Waals surface area (Å²) < 4.78 is 5.18. The van der Waals surface area contributed by atoms with E-state index in [-0.39, 0.29) is 11.2 Å². The molecule has 1 aromatic rings. The van der Waals surface area contributed by atoms with Crippen LogP contribution in [0.5, 0.6) is 5.75 Å². The molecule has 1 aromatic carbocycles. The van der Waals surface area contributed by atoms with Crippen molar-refractivity contribution in [1.29, 1.82) is 0 Å². The molecule has 0 spiro atoms. The highest BCUT2D eigenvalue weighted by Crippen LogP contribution is 2.41. The van der Waals surface area contributed by atoms with Gasteiger partial charge in [-0.05, 0) is 50.6 Å². The SMILES string of the molecule is COc1ccc(C2(C)C(C)=CC(=O)C=C2C)cc1. The third kappa shape index (κ3) is 1.88. The van der Waals surface area contributed by atoms with E-state index in [4.69, 9.17) is 4.74 Å². The molecule has 2 heteroatoms. The fraction of sp³-hybridized carbons (Fsp3) is 0.312. The summed E-state index contributed by atoms with van der Waals surface area (Å²) in [4.78, 5) is 11.5. The molecule has 2 nitrogen and oxygen atoms in total. The van der Waals surface area contributed by atoms with Crippen LogP contribution < -0.4 is 4.74 Å². The second-order valence-corrected chi connectivity index (χ2v) is 4.91. The van der Waals surface area contributed by atoms with Gasteiger partial charge in [0.05, 0.1) is 7.11 Å². The minimum absolute atomic E-state index is 0.0796. The van der Waals surface area contributed by atoms with Crippen molar-refractivity contribution in [3.8, 4) is 5.75 Å². The lowest BCUT2D eigenvalue weighted by molar-refractivity contribution is -0.110. The van der Waals surface area contributed by atoms with Gasteiger partial charge in [-0.25, -0.2) is 0 Å². The highest BCUT2D eigenvalue weighted by molar-refractivity contribution is 6.02. The van der Waals surface area contributed by atoms with Crippen LogP contribution in [-0.2, 0) is 10.2 Å². The van der Waals surface area contributed by atoms with E-state index in [1.807, 2.05) is 26.0 Å². The van der Waals surface area contributed by atoms with E-state index < -0.39 is 0 Å². The summed E-state index contributed by atoms with van der Waals surface area (Å²) in [6.07, 6.45) is 3.44. The van der Waals surface area contributed by atoms with Crippen LogP contribution in [0.1, 0.15) is 26.3 Å². The zero-order valence-corrected chi connectivity index (χ0v) is 11.3. The van der Waals surface area contributed by atoms with E-state index in [1.54, 1.807) is 19.3 Å². The quantitative estimate of drug-likeness (QED) is 0.794. The lowest BCUT2D eigenvalue weighted by atomic mass is 9.68. The molecular formula is C16H18O2. The predicted octanol–water partition coefficient (Wildman–Crippen LogP) is 3.43. The number of ketones is 1. The number of allylic oxidation sites excluding steroid dienone is 4. The van der Waals surface area contributed by atoms with Gasteiger partial charge in [-0.2, -0.15) is 0 Å². The zero-order valence-electron chi connectivity index (χ0n) is 11.3. The van der Waals surface area contributed by atoms with Crippen molar-refractivity contribution in [3.05, 3.63) is 53.1 Å². The van der Waals surface area contributed by atoms with Crippen molar-refractivity contribution >= 4 is 5.78 Å². The van der Waals surface area contributed by atoms with Gasteiger partial charge in [0.25, 0.3) is 0 Å². The Bertz CT molecular complexity index is 511. The van der Waals surface area contributed by atoms with E-state index in [1.165, 1.54) is 5.56 Å². The summed E-state index contributed by atoms with van der Waals surface area (Å²) in [6.45, 7) is 6.18. The van der Waals surface area contributed by atoms with E-state index in [2.05, 4.69) is 19.1 Å². The van der Waals surface area contributed by atoms with E-state index >= 15 is 0 Å². The summed E-state index contributed by atoms with van der Waals surface area (Å²) in [7, 11) is 1.66. The van der Waals surface area contributed by atoms with Crippen molar-refractivity contribution in [2.75, 3.05) is 7.11 Å². The highest BCUT2D eigenvalue weighted by atomic mass is 16.5. The van der Waals surface area contributed by atoms with Crippen molar-refractivity contribution in [3.63, 3.8) is 0 Å². The summed E-state index contributed by atoms with van der Waals surface area (Å²) in [6, 6.07) is 8.03. The Labute approximate surface area is 108 Å². The van der Waals surface area contributed by atoms with E-state index in [0.717, 1.165) is 16.9 Å². The van der Waals surface area contributed by atoms with Crippen LogP contribution in [0.3, 0.4) is 0 Å². The minimum atomic E-state index is -0.194. The molecule has 0 radical (unpaired) electrons. The fourth-order valence-corrected chi connectivity index (χ4v) is 2.45. The van der Waals surface area contributed by atoms with Crippen LogP contribution in [0.25, 0.3) is 0 Å². The maximum absolute atomic E-state index is 11.5. The summed E-state index contributed by atoms with van der Waals surface area (Å²) in [5, 5.41) is 0. The van der Waals surface area contributed by atoms with Gasteiger partial charge in [0.2, 0.25) is 0 Å². The first-order valence-electron chi connectivity index (χ1n) is 6.04. The molecule has 0 fully saturated rings. The maximum atomic E-state index is 11.5. The second-order valence-electron chi connectivity index (χ2n) is 4.91. The number of ether oxygens (including phenoxy) is 1. The Morgan fingerprint density at radius 3 is 1.94 bits per heavy atom. The lowest BCUT2D eigenvalue weighted by Gasteiger charge is -2.35. The molecule has 0 saturated carbocycles. The molecule has 0 N–H and O–H groups in total. The number of carbonyl (C=O) groups is 1. The molecule has 0 heterocycles. The van der Waals surface area contributed by atoms with Crippen molar-refractivity contribution in [2.24, 2.45) is 0 Å². The molecule has 1 aliphatic carbocycles. The first kappa shape index (κ1) is 12.6. The molecule has 0 aromatic heterocycles. The molecule has 2 rings (SSSR count). The molecule has 0 aliphatic heterocycles. The average Bonchev–Trinajstić information content (AvgIpc) is 2.36. The first-order valence-corrected chi connectivity index (χ1v) is 6.04. The number of carbonyl (C=O) groups excluding carboxylic acids is 1. The third-order valence-corrected chi connectivity index (χ3v) is 3.96. The summed E-state index contributed by atoms with van der Waals surface area (Å²) in [5.41, 5.74) is 3.15. The molecule has 0 saturated heterocycles. The average molecular weight is 242 g/mol. The number of rotatable bonds is 2. The molecule has 94 valence electrons. The Kier molecular flexibility index (Phi) is 3.12. The largest absolute Gasteiger partial charge is 0.497 e. The Balaban J connectivity index is 2.50. The smallest absolute Gasteiger partial charge is 0.178 e. The number of benzene rings is 1. The van der Waals surface area contributed by atoms with Gasteiger partial charge < -0.3 is 4.74 Å². The molecule has 0 amide bonds. The molecular weight excluding hydrogens is 224 g/mol. The monoisotopic (exact) mass is 242 g/mol. The van der Waals surface area contributed by atoms with Gasteiger partial charge in [-0.15, -0.1) is 0 Å². The number of hydrogen-bond donors (Lipinski definition) is 0. The number of methoxy groups -OCH3 is 1. The zero-order chi connectivity index (χ0) is 13.3. The minimum Gasteiger partial charge on any atom is -0.497 e. The number of hydrogen-bond acceptors (Lipinski definition) is 2. The standard InChI is InChI=1S/C16H18O2/c1-11-9-14(17)10-12(2)16(11,3)13-5-7-15(18-4)8-6-13/h5-10H,1-4H3. The van der Waals surface area contributed by atoms with Gasteiger partial charge in [0.15, 0.2) is 5.78 Å². The Hall–Kier alpha value is -1.83. The van der Waals surface area contributed by atoms with Crippen LogP contribution >= 0.6 is 0 Å². The molecule has 1 aliphatic rings. The van der Waals surface area contributed by atoms with Gasteiger partial charge >= 0.3 is 0 Å². The van der Waals surface area contributed by atoms with Crippen LogP contribution in [0.2, 0.25) is 0 Å². The normalized spacial score (nSPS) is 18.1. The van der Waals surface area contributed by atoms with Gasteiger partial charge in [0.1, 0.15) is 5.75 Å². The molecule has 0 unspecified atom stereocenters. The molecule has 18 heavy (non-hydrogen) atoms. The van der Waals surface area contributed by atoms with Gasteiger partial charge in [-0.3, -0.25) is 4.79 Å². The van der Waals surface area contributed by atoms with E-state index in [0.29, 0.717) is 0 Å². The predicted molar refractivity (Wildman–Crippen MR) is 72.9 cm³/mol. The van der Waals surface area contributed by atoms with Crippen LogP contribution in [-0.4, -0.2) is 12.9 Å². The maximum Gasteiger partial charge on any atom is 0.178 e. The Morgan fingerprint density at radius 1 is 1.00 bits per heavy atom. The van der Waals surface area contributed by atoms with Crippen LogP contribution in [0.4, 0.5) is 0 Å². The summed E-state index contributed by atoms with van der Waals surface area (Å²) >= 11 is 0. The second kappa shape index (κ2) is 4.45. The van der Waals surface area contributed by atoms with Crippen LogP contribution in [0, 0.1) is 0 Å². The molecule has 0 atom stereocenters. The third-order valence-electron chi connectivity index (χ3n) is 3.96. The molecule has 0 bridgehead atoms. The van der Waals surface area contributed by atoms with Gasteiger partial charge in [0, 0.05) is 5.41 Å². The first-order chi connectivity index (χ1) is 8.48. The summed E-state index contributed by atoms with van der Waals surface area (Å²) in [5.74, 6) is 0.925. The topological polar surface area (TPSA) is 26.3 Å². The van der Waals surface area contributed by atoms with Gasteiger partial charge in [-0.1, -0.05) is 23.3 Å². The van der Waals surface area contributed by atoms with Crippen molar-refractivity contribution in [2.45, 2.75) is 26.2 Å². The van der Waals surface area contributed by atoms with E-state index in [9.17, 15) is 4.79 Å². The van der Waals surface area contributed by atoms with Crippen molar-refractivity contribution in [1.82, 2.24) is 0 Å².